The topological polar surface area (TPSA) is 80.5 Å². The number of piperazine rings is 1. The number of carboxylic acid groups (broad SMARTS) is 1. The smallest absolute Gasteiger partial charge is 0.407 e. The Morgan fingerprint density at radius 2 is 2.05 bits per heavy atom. The van der Waals surface area contributed by atoms with Crippen LogP contribution in [0, 0.1) is 11.3 Å². The van der Waals surface area contributed by atoms with E-state index in [1.807, 2.05) is 17.2 Å². The SMILES string of the molecule is N#Cc1cc(C2CC2)cnc1N1CCN(C(=O)O)CC1. The van der Waals surface area contributed by atoms with Crippen LogP contribution in [0.25, 0.3) is 0 Å². The number of aromatic nitrogens is 1. The van der Waals surface area contributed by atoms with Gasteiger partial charge in [0.2, 0.25) is 0 Å². The van der Waals surface area contributed by atoms with Gasteiger partial charge in [-0.1, -0.05) is 0 Å². The van der Waals surface area contributed by atoms with Crippen LogP contribution in [0.2, 0.25) is 0 Å². The number of hydrogen-bond acceptors (Lipinski definition) is 4. The molecular formula is C14H16N4O2. The van der Waals surface area contributed by atoms with Gasteiger partial charge in [0, 0.05) is 32.4 Å². The average molecular weight is 272 g/mol. The fourth-order valence-electron chi connectivity index (χ4n) is 2.56. The van der Waals surface area contributed by atoms with Crippen molar-refractivity contribution in [1.29, 1.82) is 5.26 Å². The summed E-state index contributed by atoms with van der Waals surface area (Å²) in [7, 11) is 0. The lowest BCUT2D eigenvalue weighted by molar-refractivity contribution is 0.142. The lowest BCUT2D eigenvalue weighted by atomic mass is 10.1. The van der Waals surface area contributed by atoms with Gasteiger partial charge in [0.1, 0.15) is 11.9 Å². The fraction of sp³-hybridized carbons (Fsp3) is 0.500. The molecule has 0 unspecified atom stereocenters. The quantitative estimate of drug-likeness (QED) is 0.885. The van der Waals surface area contributed by atoms with Gasteiger partial charge >= 0.3 is 6.09 Å². The van der Waals surface area contributed by atoms with Crippen molar-refractivity contribution in [2.45, 2.75) is 18.8 Å². The Balaban J connectivity index is 1.77. The monoisotopic (exact) mass is 272 g/mol. The molecule has 1 saturated heterocycles. The summed E-state index contributed by atoms with van der Waals surface area (Å²) in [6.45, 7) is 2.06. The van der Waals surface area contributed by atoms with E-state index >= 15 is 0 Å². The first-order valence-electron chi connectivity index (χ1n) is 6.82. The van der Waals surface area contributed by atoms with E-state index in [9.17, 15) is 10.1 Å². The second kappa shape index (κ2) is 5.00. The maximum Gasteiger partial charge on any atom is 0.407 e. The molecule has 1 amide bonds. The first-order valence-corrected chi connectivity index (χ1v) is 6.82. The number of pyridine rings is 1. The Kier molecular flexibility index (Phi) is 3.18. The molecule has 1 aliphatic carbocycles. The van der Waals surface area contributed by atoms with E-state index in [0.717, 1.165) is 5.56 Å². The molecular weight excluding hydrogens is 256 g/mol. The van der Waals surface area contributed by atoms with Crippen molar-refractivity contribution in [3.05, 3.63) is 23.4 Å². The number of nitrogens with zero attached hydrogens (tertiary/aromatic N) is 4. The minimum absolute atomic E-state index is 0.451. The molecule has 0 atom stereocenters. The van der Waals surface area contributed by atoms with E-state index in [1.54, 1.807) is 0 Å². The van der Waals surface area contributed by atoms with Crippen molar-refractivity contribution >= 4 is 11.9 Å². The first kappa shape index (κ1) is 12.7. The van der Waals surface area contributed by atoms with Crippen LogP contribution in [0.5, 0.6) is 0 Å². The largest absolute Gasteiger partial charge is 0.465 e. The maximum absolute atomic E-state index is 10.9. The summed E-state index contributed by atoms with van der Waals surface area (Å²) < 4.78 is 0. The van der Waals surface area contributed by atoms with Crippen molar-refractivity contribution in [2.24, 2.45) is 0 Å². The number of amides is 1. The molecule has 0 aromatic carbocycles. The Hall–Kier alpha value is -2.29. The second-order valence-corrected chi connectivity index (χ2v) is 5.28. The molecule has 1 N–H and O–H groups in total. The van der Waals surface area contributed by atoms with Crippen molar-refractivity contribution in [1.82, 2.24) is 9.88 Å². The van der Waals surface area contributed by atoms with Crippen molar-refractivity contribution in [3.8, 4) is 6.07 Å². The third-order valence-corrected chi connectivity index (χ3v) is 3.91. The molecule has 1 aromatic rings. The second-order valence-electron chi connectivity index (χ2n) is 5.28. The Labute approximate surface area is 117 Å². The molecule has 3 rings (SSSR count). The molecule has 1 aromatic heterocycles. The molecule has 104 valence electrons. The van der Waals surface area contributed by atoms with Gasteiger partial charge < -0.3 is 14.9 Å². The number of anilines is 1. The molecule has 2 heterocycles. The zero-order valence-corrected chi connectivity index (χ0v) is 11.1. The van der Waals surface area contributed by atoms with E-state index in [2.05, 4.69) is 11.1 Å². The number of carbonyl (C=O) groups is 1. The molecule has 2 aliphatic rings. The predicted molar refractivity (Wildman–Crippen MR) is 72.7 cm³/mol. The lowest BCUT2D eigenvalue weighted by Crippen LogP contribution is -2.48. The lowest BCUT2D eigenvalue weighted by Gasteiger charge is -2.34. The van der Waals surface area contributed by atoms with Crippen LogP contribution in [0.4, 0.5) is 10.6 Å². The van der Waals surface area contributed by atoms with E-state index in [4.69, 9.17) is 5.11 Å². The zero-order valence-electron chi connectivity index (χ0n) is 11.1. The predicted octanol–water partition coefficient (Wildman–Crippen LogP) is 1.63. The van der Waals surface area contributed by atoms with Gasteiger partial charge in [-0.15, -0.1) is 0 Å². The third-order valence-electron chi connectivity index (χ3n) is 3.91. The highest BCUT2D eigenvalue weighted by molar-refractivity contribution is 5.65. The van der Waals surface area contributed by atoms with E-state index in [1.165, 1.54) is 17.7 Å². The minimum atomic E-state index is -0.887. The number of nitriles is 1. The Morgan fingerprint density at radius 3 is 2.60 bits per heavy atom. The highest BCUT2D eigenvalue weighted by Gasteiger charge is 2.27. The van der Waals surface area contributed by atoms with Crippen LogP contribution in [0.3, 0.4) is 0 Å². The summed E-state index contributed by atoms with van der Waals surface area (Å²) in [5.41, 5.74) is 1.74. The van der Waals surface area contributed by atoms with Crippen LogP contribution < -0.4 is 4.90 Å². The average Bonchev–Trinajstić information content (AvgIpc) is 3.31. The molecule has 1 aliphatic heterocycles. The molecule has 1 saturated carbocycles. The highest BCUT2D eigenvalue weighted by atomic mass is 16.4. The van der Waals surface area contributed by atoms with Crippen LogP contribution in [0.1, 0.15) is 29.9 Å². The van der Waals surface area contributed by atoms with E-state index < -0.39 is 6.09 Å². The highest BCUT2D eigenvalue weighted by Crippen LogP contribution is 2.40. The van der Waals surface area contributed by atoms with Crippen molar-refractivity contribution < 1.29 is 9.90 Å². The Bertz CT molecular complexity index is 569. The molecule has 6 heteroatoms. The summed E-state index contributed by atoms with van der Waals surface area (Å²) in [6, 6.07) is 4.15. The van der Waals surface area contributed by atoms with Crippen molar-refractivity contribution in [2.75, 3.05) is 31.1 Å². The molecule has 0 bridgehead atoms. The molecule has 2 fully saturated rings. The van der Waals surface area contributed by atoms with Gasteiger partial charge in [0.05, 0.1) is 5.56 Å². The van der Waals surface area contributed by atoms with Gasteiger partial charge in [-0.3, -0.25) is 0 Å². The van der Waals surface area contributed by atoms with Gasteiger partial charge in [-0.25, -0.2) is 9.78 Å². The van der Waals surface area contributed by atoms with E-state index in [0.29, 0.717) is 43.5 Å². The molecule has 20 heavy (non-hydrogen) atoms. The zero-order chi connectivity index (χ0) is 14.1. The normalized spacial score (nSPS) is 18.8. The summed E-state index contributed by atoms with van der Waals surface area (Å²) in [5, 5.41) is 18.2. The van der Waals surface area contributed by atoms with Gasteiger partial charge in [0.25, 0.3) is 0 Å². The van der Waals surface area contributed by atoms with Crippen molar-refractivity contribution in [3.63, 3.8) is 0 Å². The molecule has 0 radical (unpaired) electrons. The summed E-state index contributed by atoms with van der Waals surface area (Å²) >= 11 is 0. The summed E-state index contributed by atoms with van der Waals surface area (Å²) in [5.74, 6) is 1.26. The van der Waals surface area contributed by atoms with Gasteiger partial charge in [-0.2, -0.15) is 5.26 Å². The fourth-order valence-corrected chi connectivity index (χ4v) is 2.56. The third kappa shape index (κ3) is 2.39. The standard InChI is InChI=1S/C14H16N4O2/c15-8-11-7-12(10-1-2-10)9-16-13(11)17-3-5-18(6-4-17)14(19)20/h7,9-10H,1-6H2,(H,19,20). The van der Waals surface area contributed by atoms with Crippen LogP contribution in [0.15, 0.2) is 12.3 Å². The Morgan fingerprint density at radius 1 is 1.35 bits per heavy atom. The minimum Gasteiger partial charge on any atom is -0.465 e. The number of rotatable bonds is 2. The summed E-state index contributed by atoms with van der Waals surface area (Å²) in [4.78, 5) is 18.7. The first-order chi connectivity index (χ1) is 9.69. The number of hydrogen-bond donors (Lipinski definition) is 1. The van der Waals surface area contributed by atoms with Crippen LogP contribution >= 0.6 is 0 Å². The summed E-state index contributed by atoms with van der Waals surface area (Å²) in [6.07, 6.45) is 3.34. The molecule has 0 spiro atoms. The van der Waals surface area contributed by atoms with Gasteiger partial charge in [0.15, 0.2) is 0 Å². The van der Waals surface area contributed by atoms with Crippen LogP contribution in [-0.2, 0) is 0 Å². The van der Waals surface area contributed by atoms with Crippen LogP contribution in [-0.4, -0.2) is 47.3 Å². The van der Waals surface area contributed by atoms with E-state index in [-0.39, 0.29) is 0 Å². The molecule has 6 nitrogen and oxygen atoms in total. The van der Waals surface area contributed by atoms with Gasteiger partial charge in [-0.05, 0) is 30.4 Å². The maximum atomic E-state index is 10.9.